The van der Waals surface area contributed by atoms with Crippen molar-refractivity contribution < 1.29 is 9.18 Å². The Bertz CT molecular complexity index is 1090. The lowest BCUT2D eigenvalue weighted by Crippen LogP contribution is -2.43. The molecule has 10 heteroatoms. The van der Waals surface area contributed by atoms with E-state index in [-0.39, 0.29) is 17.8 Å². The van der Waals surface area contributed by atoms with Gasteiger partial charge < -0.3 is 14.4 Å². The number of rotatable bonds is 6. The number of aromatic nitrogens is 5. The second-order valence-electron chi connectivity index (χ2n) is 8.38. The highest BCUT2D eigenvalue weighted by molar-refractivity contribution is 7.09. The Morgan fingerprint density at radius 2 is 1.97 bits per heavy atom. The summed E-state index contributed by atoms with van der Waals surface area (Å²) in [5.41, 5.74) is 0.475. The van der Waals surface area contributed by atoms with Gasteiger partial charge in [-0.05, 0) is 75.7 Å². The molecule has 3 aromatic rings. The van der Waals surface area contributed by atoms with Gasteiger partial charge in [-0.2, -0.15) is 4.37 Å². The number of fused-ring (bicyclic) bond motifs is 1. The monoisotopic (exact) mass is 441 g/mol. The van der Waals surface area contributed by atoms with Gasteiger partial charge in [0.25, 0.3) is 5.91 Å². The SMILES string of the molecule is CN(C)CCC1c2nnc(-c3nc(C4CC4)ns3)n2CCN1C(=O)c1ccc(F)cc1. The van der Waals surface area contributed by atoms with Crippen LogP contribution in [0.1, 0.15) is 53.2 Å². The highest BCUT2D eigenvalue weighted by Gasteiger charge is 2.36. The number of nitrogens with zero attached hydrogens (tertiary/aromatic N) is 7. The van der Waals surface area contributed by atoms with Gasteiger partial charge in [0, 0.05) is 24.6 Å². The molecule has 1 aromatic carbocycles. The summed E-state index contributed by atoms with van der Waals surface area (Å²) in [7, 11) is 4.01. The number of hydrogen-bond acceptors (Lipinski definition) is 7. The Balaban J connectivity index is 1.46. The van der Waals surface area contributed by atoms with Gasteiger partial charge in [0.05, 0.1) is 6.04 Å². The molecule has 2 aromatic heterocycles. The summed E-state index contributed by atoms with van der Waals surface area (Å²) < 4.78 is 19.9. The van der Waals surface area contributed by atoms with E-state index in [1.54, 1.807) is 0 Å². The maximum atomic E-state index is 13.3. The fraction of sp³-hybridized carbons (Fsp3) is 0.476. The van der Waals surface area contributed by atoms with Crippen molar-refractivity contribution in [3.05, 3.63) is 47.3 Å². The van der Waals surface area contributed by atoms with Crippen LogP contribution in [-0.4, -0.2) is 67.0 Å². The van der Waals surface area contributed by atoms with Crippen LogP contribution in [0.4, 0.5) is 4.39 Å². The van der Waals surface area contributed by atoms with Crippen LogP contribution >= 0.6 is 11.5 Å². The molecule has 1 aliphatic heterocycles. The molecule has 162 valence electrons. The lowest BCUT2D eigenvalue weighted by atomic mass is 10.1. The summed E-state index contributed by atoms with van der Waals surface area (Å²) in [5.74, 6) is 2.42. The zero-order valence-corrected chi connectivity index (χ0v) is 18.3. The summed E-state index contributed by atoms with van der Waals surface area (Å²) in [6, 6.07) is 5.49. The molecule has 0 N–H and O–H groups in total. The van der Waals surface area contributed by atoms with Gasteiger partial charge in [0.1, 0.15) is 11.6 Å². The molecule has 0 saturated heterocycles. The first-order valence-corrected chi connectivity index (χ1v) is 11.3. The van der Waals surface area contributed by atoms with Gasteiger partial charge >= 0.3 is 0 Å². The van der Waals surface area contributed by atoms with E-state index in [0.29, 0.717) is 24.6 Å². The molecule has 1 amide bonds. The van der Waals surface area contributed by atoms with Crippen molar-refractivity contribution in [3.63, 3.8) is 0 Å². The van der Waals surface area contributed by atoms with Crippen LogP contribution in [0.15, 0.2) is 24.3 Å². The van der Waals surface area contributed by atoms with Crippen LogP contribution in [0.5, 0.6) is 0 Å². The number of carbonyl (C=O) groups excluding carboxylic acids is 1. The molecule has 5 rings (SSSR count). The van der Waals surface area contributed by atoms with Crippen LogP contribution in [0.3, 0.4) is 0 Å². The predicted molar refractivity (Wildman–Crippen MR) is 114 cm³/mol. The van der Waals surface area contributed by atoms with Gasteiger partial charge in [-0.1, -0.05) is 0 Å². The second kappa shape index (κ2) is 8.08. The topological polar surface area (TPSA) is 80.0 Å². The summed E-state index contributed by atoms with van der Waals surface area (Å²) in [6.07, 6.45) is 3.03. The number of hydrogen-bond donors (Lipinski definition) is 0. The first-order valence-electron chi connectivity index (χ1n) is 10.5. The number of amides is 1. The number of halogens is 1. The van der Waals surface area contributed by atoms with E-state index in [9.17, 15) is 9.18 Å². The highest BCUT2D eigenvalue weighted by Crippen LogP contribution is 2.40. The van der Waals surface area contributed by atoms with E-state index < -0.39 is 0 Å². The molecule has 8 nitrogen and oxygen atoms in total. The molecule has 1 unspecified atom stereocenters. The van der Waals surface area contributed by atoms with Crippen LogP contribution < -0.4 is 0 Å². The molecule has 1 atom stereocenters. The van der Waals surface area contributed by atoms with Crippen LogP contribution in [0.25, 0.3) is 10.8 Å². The summed E-state index contributed by atoms with van der Waals surface area (Å²) in [4.78, 5) is 21.9. The molecule has 2 aliphatic rings. The molecule has 1 fully saturated rings. The zero-order valence-electron chi connectivity index (χ0n) is 17.5. The van der Waals surface area contributed by atoms with Crippen LogP contribution in [0.2, 0.25) is 0 Å². The molecule has 31 heavy (non-hydrogen) atoms. The van der Waals surface area contributed by atoms with Crippen molar-refractivity contribution in [1.82, 2.24) is 33.9 Å². The van der Waals surface area contributed by atoms with Gasteiger partial charge in [0.15, 0.2) is 16.7 Å². The molecule has 1 aliphatic carbocycles. The van der Waals surface area contributed by atoms with Gasteiger partial charge in [-0.25, -0.2) is 9.37 Å². The Morgan fingerprint density at radius 1 is 1.19 bits per heavy atom. The molecular formula is C21H24FN7OS. The third-order valence-corrected chi connectivity index (χ3v) is 6.52. The molecule has 1 saturated carbocycles. The average Bonchev–Trinajstić information content (AvgIpc) is 3.33. The number of carbonyl (C=O) groups is 1. The molecule has 3 heterocycles. The standard InChI is InChI=1S/C21H24FN7OS/c1-27(2)10-9-16-18-24-25-19(20-23-17(26-31-20)13-3-4-13)29(18)12-11-28(16)21(30)14-5-7-15(22)8-6-14/h5-8,13,16H,3-4,9-12H2,1-2H3. The Kier molecular flexibility index (Phi) is 5.27. The van der Waals surface area contributed by atoms with Crippen molar-refractivity contribution in [2.45, 2.75) is 37.8 Å². The fourth-order valence-electron chi connectivity index (χ4n) is 3.94. The minimum atomic E-state index is -0.355. The third-order valence-electron chi connectivity index (χ3n) is 5.80. The molecule has 0 bridgehead atoms. The maximum absolute atomic E-state index is 13.3. The first kappa shape index (κ1) is 20.2. The van der Waals surface area contributed by atoms with E-state index in [4.69, 9.17) is 4.98 Å². The van der Waals surface area contributed by atoms with E-state index in [0.717, 1.165) is 48.3 Å². The Labute approximate surface area is 183 Å². The average molecular weight is 442 g/mol. The third kappa shape index (κ3) is 3.97. The normalized spacial score (nSPS) is 18.5. The van der Waals surface area contributed by atoms with E-state index in [2.05, 4.69) is 24.0 Å². The smallest absolute Gasteiger partial charge is 0.254 e. The largest absolute Gasteiger partial charge is 0.327 e. The molecular weight excluding hydrogens is 417 g/mol. The minimum absolute atomic E-state index is 0.119. The lowest BCUT2D eigenvalue weighted by molar-refractivity contribution is 0.0595. The summed E-state index contributed by atoms with van der Waals surface area (Å²) in [6.45, 7) is 1.91. The van der Waals surface area contributed by atoms with E-state index in [1.807, 2.05) is 19.0 Å². The maximum Gasteiger partial charge on any atom is 0.254 e. The van der Waals surface area contributed by atoms with Crippen LogP contribution in [-0.2, 0) is 6.54 Å². The van der Waals surface area contributed by atoms with Crippen molar-refractivity contribution in [2.75, 3.05) is 27.2 Å². The van der Waals surface area contributed by atoms with Crippen molar-refractivity contribution in [2.24, 2.45) is 0 Å². The van der Waals surface area contributed by atoms with Gasteiger partial charge in [-0.15, -0.1) is 10.2 Å². The predicted octanol–water partition coefficient (Wildman–Crippen LogP) is 2.96. The van der Waals surface area contributed by atoms with Crippen molar-refractivity contribution in [3.8, 4) is 10.8 Å². The quantitative estimate of drug-likeness (QED) is 0.585. The van der Waals surface area contributed by atoms with Gasteiger partial charge in [-0.3, -0.25) is 4.79 Å². The second-order valence-corrected chi connectivity index (χ2v) is 9.13. The highest BCUT2D eigenvalue weighted by atomic mass is 32.1. The number of benzene rings is 1. The molecule has 0 spiro atoms. The van der Waals surface area contributed by atoms with Crippen molar-refractivity contribution in [1.29, 1.82) is 0 Å². The van der Waals surface area contributed by atoms with E-state index in [1.165, 1.54) is 35.8 Å². The zero-order chi connectivity index (χ0) is 21.5. The van der Waals surface area contributed by atoms with E-state index >= 15 is 0 Å². The van der Waals surface area contributed by atoms with Gasteiger partial charge in [0.2, 0.25) is 0 Å². The molecule has 0 radical (unpaired) electrons. The van der Waals surface area contributed by atoms with Crippen molar-refractivity contribution >= 4 is 17.4 Å². The first-order chi connectivity index (χ1) is 15.0. The summed E-state index contributed by atoms with van der Waals surface area (Å²) >= 11 is 1.36. The lowest BCUT2D eigenvalue weighted by Gasteiger charge is -2.36. The Hall–Kier alpha value is -2.72. The minimum Gasteiger partial charge on any atom is -0.327 e. The summed E-state index contributed by atoms with van der Waals surface area (Å²) in [5, 5.41) is 9.70. The Morgan fingerprint density at radius 3 is 2.68 bits per heavy atom. The van der Waals surface area contributed by atoms with Crippen LogP contribution in [0, 0.1) is 5.82 Å². The fourth-order valence-corrected chi connectivity index (χ4v) is 4.68.